The van der Waals surface area contributed by atoms with Gasteiger partial charge in [-0.15, -0.1) is 0 Å². The van der Waals surface area contributed by atoms with Crippen LogP contribution in [0.15, 0.2) is 61.2 Å². The lowest BCUT2D eigenvalue weighted by molar-refractivity contribution is -0.134. The van der Waals surface area contributed by atoms with E-state index in [4.69, 9.17) is 64.3 Å². The number of aryl methyl sites for hydroxylation is 2. The summed E-state index contributed by atoms with van der Waals surface area (Å²) in [5.74, 6) is -2.51. The van der Waals surface area contributed by atoms with E-state index in [1.807, 2.05) is 18.2 Å². The Kier molecular flexibility index (Phi) is 23.0. The van der Waals surface area contributed by atoms with Crippen molar-refractivity contribution in [3.8, 4) is 18.1 Å². The summed E-state index contributed by atoms with van der Waals surface area (Å²) in [6.07, 6.45) is 13.4. The van der Waals surface area contributed by atoms with Crippen LogP contribution in [0.5, 0.6) is 12.0 Å². The van der Waals surface area contributed by atoms with Gasteiger partial charge in [0.25, 0.3) is 5.91 Å². The number of nitriles is 1. The van der Waals surface area contributed by atoms with Crippen molar-refractivity contribution < 1.29 is 33.0 Å². The Morgan fingerprint density at radius 3 is 1.63 bits per heavy atom. The molecule has 0 spiro atoms. The Balaban J connectivity index is 0.000000203. The summed E-state index contributed by atoms with van der Waals surface area (Å²) >= 11 is 13.5. The molecule has 18 nitrogen and oxygen atoms in total. The molecule has 2 unspecified atom stereocenters. The number of carboxylic acid groups (broad SMARTS) is 1. The third-order valence-electron chi connectivity index (χ3n) is 18.4. The normalized spacial score (nSPS) is 23.3. The van der Waals surface area contributed by atoms with Crippen molar-refractivity contribution in [2.24, 2.45) is 5.92 Å². The zero-order valence-corrected chi connectivity index (χ0v) is 50.4. The van der Waals surface area contributed by atoms with E-state index >= 15 is 0 Å². The second-order valence-electron chi connectivity index (χ2n) is 23.8. The third kappa shape index (κ3) is 15.3. The van der Waals surface area contributed by atoms with Crippen LogP contribution >= 0.6 is 23.2 Å². The number of ether oxygens (including phenoxy) is 2. The lowest BCUT2D eigenvalue weighted by Crippen LogP contribution is -2.55. The van der Waals surface area contributed by atoms with E-state index in [1.165, 1.54) is 45.6 Å². The third-order valence-corrected chi connectivity index (χ3v) is 19.0. The molecule has 0 saturated carbocycles. The Morgan fingerprint density at radius 1 is 0.690 bits per heavy atom. The number of hydrogen-bond acceptors (Lipinski definition) is 15. The van der Waals surface area contributed by atoms with Gasteiger partial charge < -0.3 is 43.9 Å². The van der Waals surface area contributed by atoms with Gasteiger partial charge in [-0.25, -0.2) is 15.8 Å². The van der Waals surface area contributed by atoms with Crippen molar-refractivity contribution in [3.63, 3.8) is 0 Å². The average Bonchev–Trinajstić information content (AvgIpc) is 1.78. The van der Waals surface area contributed by atoms with Gasteiger partial charge in [0.1, 0.15) is 24.8 Å². The molecule has 22 heteroatoms. The molecular weight excluding hydrogens is 1150 g/mol. The van der Waals surface area contributed by atoms with Crippen LogP contribution in [0.25, 0.3) is 4.85 Å². The number of carbonyl (C=O) groups is 2. The number of piperazine rings is 1. The molecule has 1 amide bonds. The molecule has 2 aliphatic carbocycles. The number of carbonyl (C=O) groups excluding carboxylic acids is 1. The second kappa shape index (κ2) is 30.1. The van der Waals surface area contributed by atoms with Crippen LogP contribution in [-0.2, 0) is 48.6 Å². The Bertz CT molecular complexity index is 3210. The van der Waals surface area contributed by atoms with Crippen molar-refractivity contribution in [2.45, 2.75) is 155 Å². The molecule has 6 aliphatic heterocycles. The molecule has 1 N–H and O–H groups in total. The zero-order valence-electron chi connectivity index (χ0n) is 48.8. The van der Waals surface area contributed by atoms with Gasteiger partial charge in [0.15, 0.2) is 5.83 Å². The number of fused-ring (bicyclic) bond motifs is 4. The summed E-state index contributed by atoms with van der Waals surface area (Å²) in [7, 11) is 4.29. The Hall–Kier alpha value is -6.52. The summed E-state index contributed by atoms with van der Waals surface area (Å²) < 4.78 is 37.3. The predicted molar refractivity (Wildman–Crippen MR) is 335 cm³/mol. The fraction of sp³-hybridized carbons (Fsp3) is 0.569. The van der Waals surface area contributed by atoms with Crippen molar-refractivity contribution in [1.82, 2.24) is 44.4 Å². The number of hydrogen-bond donors (Lipinski definition) is 1. The molecule has 468 valence electrons. The van der Waals surface area contributed by atoms with Gasteiger partial charge in [0.2, 0.25) is 12.4 Å². The molecule has 4 fully saturated rings. The van der Waals surface area contributed by atoms with E-state index in [2.05, 4.69) is 85.8 Å². The fourth-order valence-corrected chi connectivity index (χ4v) is 14.6. The number of piperidine rings is 1. The van der Waals surface area contributed by atoms with Crippen LogP contribution in [-0.4, -0.2) is 159 Å². The number of halogens is 4. The van der Waals surface area contributed by atoms with Crippen LogP contribution < -0.4 is 19.3 Å². The quantitative estimate of drug-likeness (QED) is 0.0931. The first-order chi connectivity index (χ1) is 41.1. The van der Waals surface area contributed by atoms with Crippen LogP contribution in [0.4, 0.5) is 20.4 Å². The van der Waals surface area contributed by atoms with Crippen molar-refractivity contribution in [2.75, 3.05) is 89.5 Å². The smallest absolute Gasteiger partial charge is 0.364 e. The maximum absolute atomic E-state index is 13.8. The Labute approximate surface area is 522 Å². The first kappa shape index (κ1) is 66.4. The highest BCUT2D eigenvalue weighted by molar-refractivity contribution is 6.31. The average molecular weight is 1240 g/mol. The number of nitrogens with zero attached hydrogens (tertiary/aromatic N) is 13. The van der Waals surface area contributed by atoms with E-state index < -0.39 is 29.6 Å². The number of benzene rings is 2. The first-order valence-electron chi connectivity index (χ1n) is 30.0. The van der Waals surface area contributed by atoms with Crippen LogP contribution in [0, 0.1) is 23.8 Å². The predicted octanol–water partition coefficient (Wildman–Crippen LogP) is 11.4. The topological polar surface area (TPSA) is 175 Å². The largest absolute Gasteiger partial charge is 0.476 e. The lowest BCUT2D eigenvalue weighted by atomic mass is 9.87. The first-order valence-corrected chi connectivity index (χ1v) is 30.8. The van der Waals surface area contributed by atoms with Gasteiger partial charge in [-0.05, 0) is 139 Å². The maximum atomic E-state index is 13.8. The number of rotatable bonds is 14. The molecule has 2 aromatic heterocycles. The molecule has 4 saturated heterocycles. The van der Waals surface area contributed by atoms with Gasteiger partial charge in [0, 0.05) is 110 Å². The molecule has 6 atom stereocenters. The highest BCUT2D eigenvalue weighted by Gasteiger charge is 2.40. The summed E-state index contributed by atoms with van der Waals surface area (Å²) in [6, 6.07) is 16.3. The highest BCUT2D eigenvalue weighted by Crippen LogP contribution is 2.46. The maximum Gasteiger partial charge on any atom is 0.364 e. The fourth-order valence-electron chi connectivity index (χ4n) is 13.9. The van der Waals surface area contributed by atoms with Gasteiger partial charge in [-0.1, -0.05) is 75.5 Å². The van der Waals surface area contributed by atoms with Gasteiger partial charge in [-0.3, -0.25) is 14.6 Å². The molecule has 87 heavy (non-hydrogen) atoms. The second-order valence-corrected chi connectivity index (χ2v) is 24.6. The minimum absolute atomic E-state index is 0. The highest BCUT2D eigenvalue weighted by atomic mass is 35.5. The molecular formula is C65H85Cl2F2N13O5. The van der Waals surface area contributed by atoms with E-state index in [1.54, 1.807) is 0 Å². The molecule has 0 radical (unpaired) electrons. The van der Waals surface area contributed by atoms with Crippen molar-refractivity contribution in [1.29, 1.82) is 5.26 Å². The van der Waals surface area contributed by atoms with Crippen LogP contribution in [0.2, 0.25) is 10.0 Å². The lowest BCUT2D eigenvalue weighted by Gasteiger charge is -2.41. The number of likely N-dealkylation sites (tertiary alicyclic amines) is 2. The van der Waals surface area contributed by atoms with E-state index in [-0.39, 0.29) is 33.9 Å². The van der Waals surface area contributed by atoms with Crippen molar-refractivity contribution in [3.05, 3.63) is 127 Å². The molecule has 0 bridgehead atoms. The van der Waals surface area contributed by atoms with E-state index in [9.17, 15) is 23.6 Å². The van der Waals surface area contributed by atoms with Crippen LogP contribution in [0.3, 0.4) is 0 Å². The number of amides is 1. The summed E-state index contributed by atoms with van der Waals surface area (Å²) in [5, 5.41) is 18.7. The molecule has 8 heterocycles. The van der Waals surface area contributed by atoms with Crippen LogP contribution in [0.1, 0.15) is 142 Å². The molecule has 8 aliphatic rings. The van der Waals surface area contributed by atoms with Crippen molar-refractivity contribution >= 4 is 46.7 Å². The van der Waals surface area contributed by atoms with Gasteiger partial charge >= 0.3 is 18.0 Å². The van der Waals surface area contributed by atoms with E-state index in [0.29, 0.717) is 82.0 Å². The van der Waals surface area contributed by atoms with E-state index in [0.717, 1.165) is 142 Å². The number of carboxylic acids is 1. The zero-order chi connectivity index (χ0) is 59.9. The number of likely N-dealkylation sites (N-methyl/N-ethyl adjacent to an activating group) is 2. The minimum Gasteiger partial charge on any atom is -0.476 e. The minimum atomic E-state index is -1.60. The molecule has 2 aromatic carbocycles. The summed E-state index contributed by atoms with van der Waals surface area (Å²) in [4.78, 5) is 60.9. The SMILES string of the molecule is C.C.C=C(F)C(=O)N1CCN(c2nc(OC[C@@H]3CCCN3C)nc3c2CN(C2CCCc4cccc(Cl)c42)C3)C[C@@H]1CC#N.C=C(F)C(=O)O.[C-]#[N+]C[C@@H]1CCCN(c2nc(OC[C@@H]3CCCN3C)nc3c2CN(C2CCCc4cccc(Cl)c42)C3)C1. The number of anilines is 2. The molecule has 4 aromatic rings. The van der Waals surface area contributed by atoms with Gasteiger partial charge in [-0.2, -0.15) is 29.6 Å². The Morgan fingerprint density at radius 2 is 1.18 bits per heavy atom. The monoisotopic (exact) mass is 1240 g/mol. The molecule has 12 rings (SSSR count). The number of aromatic nitrogens is 4. The standard InChI is InChI=1S/C31H37ClFN7O2.C29H37ClN6O.C3H3FO2.2CH4/c1-20(33)30(41)40-15-14-38(16-22(40)11-12-34)29-24-17-39(27-10-4-7-21-6-3-9-25(32)28(21)27)18-26(24)35-31(36-29)42-19-23-8-5-13-37(23)2;1-31-15-20-7-5-14-35(16-20)28-23-17-36(26-12-4-9-21-8-3-11-24(30)27(21)26)18-25(23)32-29(33-28)37-19-22-10-6-13-34(22)2;1-2(4)3(5)6;;/h3,6,9,22-23,27H,1,4-5,7-8,10-11,13-19H2,2H3;3,8,11,20,22,26H,4-7,9-10,12-19H2,2H3;1H2,(H,5,6);2*1H4/t22-,23-,27?;20-,22-,26?;;;/m00.../s1. The number of aliphatic carboxylic acids is 1. The summed E-state index contributed by atoms with van der Waals surface area (Å²) in [5.41, 5.74) is 9.48. The summed E-state index contributed by atoms with van der Waals surface area (Å²) in [6.45, 7) is 22.8. The van der Waals surface area contributed by atoms with Gasteiger partial charge in [0.05, 0.1) is 29.9 Å².